The highest BCUT2D eigenvalue weighted by molar-refractivity contribution is 5.93. The molecule has 0 unspecified atom stereocenters. The van der Waals surface area contributed by atoms with E-state index in [1.807, 2.05) is 36.9 Å². The standard InChI is InChI=1S/C20H24N4O3/c1-4-9-24(12-18(25)21-16-8-7-14(2)11-15(16)3)13-19-22-23-20(27-19)17-6-5-10-26-17/h5-8,10-11H,4,9,12-13H2,1-3H3,(H,21,25). The van der Waals surface area contributed by atoms with E-state index in [0.29, 0.717) is 24.1 Å². The van der Waals surface area contributed by atoms with Crippen LogP contribution in [0.15, 0.2) is 45.4 Å². The topological polar surface area (TPSA) is 84.4 Å². The minimum atomic E-state index is -0.0684. The third-order valence-electron chi connectivity index (χ3n) is 4.12. The lowest BCUT2D eigenvalue weighted by atomic mass is 10.1. The van der Waals surface area contributed by atoms with E-state index in [2.05, 4.69) is 22.4 Å². The fourth-order valence-corrected chi connectivity index (χ4v) is 2.89. The van der Waals surface area contributed by atoms with Crippen molar-refractivity contribution in [3.05, 3.63) is 53.6 Å². The summed E-state index contributed by atoms with van der Waals surface area (Å²) in [6, 6.07) is 9.49. The summed E-state index contributed by atoms with van der Waals surface area (Å²) in [5.41, 5.74) is 3.05. The molecular formula is C20H24N4O3. The molecule has 0 bridgehead atoms. The maximum atomic E-state index is 12.5. The summed E-state index contributed by atoms with van der Waals surface area (Å²) in [7, 11) is 0. The molecule has 1 amide bonds. The van der Waals surface area contributed by atoms with Crippen molar-refractivity contribution in [2.24, 2.45) is 0 Å². The first-order chi connectivity index (χ1) is 13.0. The van der Waals surface area contributed by atoms with Crippen LogP contribution >= 0.6 is 0 Å². The van der Waals surface area contributed by atoms with Crippen LogP contribution in [0.25, 0.3) is 11.7 Å². The summed E-state index contributed by atoms with van der Waals surface area (Å²) in [6.45, 7) is 7.49. The van der Waals surface area contributed by atoms with Crippen molar-refractivity contribution < 1.29 is 13.6 Å². The molecule has 3 aromatic rings. The fraction of sp³-hybridized carbons (Fsp3) is 0.350. The van der Waals surface area contributed by atoms with Gasteiger partial charge in [0.05, 0.1) is 19.4 Å². The first-order valence-corrected chi connectivity index (χ1v) is 9.01. The van der Waals surface area contributed by atoms with Gasteiger partial charge in [0.2, 0.25) is 11.8 Å². The molecule has 0 saturated carbocycles. The molecule has 0 aliphatic rings. The molecule has 0 aliphatic carbocycles. The Kier molecular flexibility index (Phi) is 6.03. The van der Waals surface area contributed by atoms with Crippen LogP contribution in [0.5, 0.6) is 0 Å². The fourth-order valence-electron chi connectivity index (χ4n) is 2.89. The van der Waals surface area contributed by atoms with E-state index in [1.54, 1.807) is 18.4 Å². The number of furan rings is 1. The molecule has 0 spiro atoms. The summed E-state index contributed by atoms with van der Waals surface area (Å²) in [6.07, 6.45) is 2.47. The van der Waals surface area contributed by atoms with Crippen LogP contribution in [0.4, 0.5) is 5.69 Å². The van der Waals surface area contributed by atoms with Crippen molar-refractivity contribution in [2.45, 2.75) is 33.7 Å². The van der Waals surface area contributed by atoms with Crippen LogP contribution in [-0.2, 0) is 11.3 Å². The SMILES string of the molecule is CCCN(CC(=O)Nc1ccc(C)cc1C)Cc1nnc(-c2ccco2)o1. The van der Waals surface area contributed by atoms with Gasteiger partial charge in [-0.3, -0.25) is 9.69 Å². The molecule has 0 fully saturated rings. The number of benzene rings is 1. The van der Waals surface area contributed by atoms with Crippen molar-refractivity contribution in [3.63, 3.8) is 0 Å². The average Bonchev–Trinajstić information content (AvgIpc) is 3.29. The van der Waals surface area contributed by atoms with E-state index in [4.69, 9.17) is 8.83 Å². The first-order valence-electron chi connectivity index (χ1n) is 9.01. The second kappa shape index (κ2) is 8.64. The van der Waals surface area contributed by atoms with E-state index < -0.39 is 0 Å². The van der Waals surface area contributed by atoms with Gasteiger partial charge in [0.25, 0.3) is 5.89 Å². The number of nitrogens with one attached hydrogen (secondary N) is 1. The zero-order valence-electron chi connectivity index (χ0n) is 15.9. The lowest BCUT2D eigenvalue weighted by Gasteiger charge is -2.19. The molecule has 1 aromatic carbocycles. The van der Waals surface area contributed by atoms with Crippen LogP contribution in [0.3, 0.4) is 0 Å². The number of hydrogen-bond donors (Lipinski definition) is 1. The molecule has 0 radical (unpaired) electrons. The molecular weight excluding hydrogens is 344 g/mol. The number of hydrogen-bond acceptors (Lipinski definition) is 6. The zero-order valence-corrected chi connectivity index (χ0v) is 15.9. The number of aryl methyl sites for hydroxylation is 2. The summed E-state index contributed by atoms with van der Waals surface area (Å²) in [5, 5.41) is 11.0. The maximum Gasteiger partial charge on any atom is 0.283 e. The Labute approximate surface area is 158 Å². The molecule has 0 atom stereocenters. The smallest absolute Gasteiger partial charge is 0.283 e. The highest BCUT2D eigenvalue weighted by Gasteiger charge is 2.16. The number of carbonyl (C=O) groups excluding carboxylic acids is 1. The second-order valence-electron chi connectivity index (χ2n) is 6.56. The summed E-state index contributed by atoms with van der Waals surface area (Å²) in [4.78, 5) is 14.5. The van der Waals surface area contributed by atoms with Gasteiger partial charge in [-0.15, -0.1) is 10.2 Å². The summed E-state index contributed by atoms with van der Waals surface area (Å²) >= 11 is 0. The lowest BCUT2D eigenvalue weighted by molar-refractivity contribution is -0.117. The monoisotopic (exact) mass is 368 g/mol. The molecule has 3 rings (SSSR count). The Morgan fingerprint density at radius 3 is 2.78 bits per heavy atom. The van der Waals surface area contributed by atoms with Crippen LogP contribution in [0.2, 0.25) is 0 Å². The Morgan fingerprint density at radius 2 is 2.07 bits per heavy atom. The molecule has 0 aliphatic heterocycles. The molecule has 7 nitrogen and oxygen atoms in total. The van der Waals surface area contributed by atoms with E-state index >= 15 is 0 Å². The largest absolute Gasteiger partial charge is 0.459 e. The normalized spacial score (nSPS) is 11.1. The minimum absolute atomic E-state index is 0.0684. The van der Waals surface area contributed by atoms with E-state index in [1.165, 1.54) is 5.56 Å². The van der Waals surface area contributed by atoms with Gasteiger partial charge in [-0.05, 0) is 50.6 Å². The van der Waals surface area contributed by atoms with Crippen molar-refractivity contribution in [1.82, 2.24) is 15.1 Å². The summed E-state index contributed by atoms with van der Waals surface area (Å²) < 4.78 is 10.9. The number of nitrogens with zero attached hydrogens (tertiary/aromatic N) is 3. The molecule has 1 N–H and O–H groups in total. The molecule has 2 aromatic heterocycles. The lowest BCUT2D eigenvalue weighted by Crippen LogP contribution is -2.33. The van der Waals surface area contributed by atoms with E-state index in [-0.39, 0.29) is 12.5 Å². The van der Waals surface area contributed by atoms with Crippen molar-refractivity contribution >= 4 is 11.6 Å². The third-order valence-corrected chi connectivity index (χ3v) is 4.12. The maximum absolute atomic E-state index is 12.5. The van der Waals surface area contributed by atoms with Crippen LogP contribution in [0, 0.1) is 13.8 Å². The molecule has 27 heavy (non-hydrogen) atoms. The Bertz CT molecular complexity index is 887. The molecule has 0 saturated heterocycles. The molecule has 7 heteroatoms. The van der Waals surface area contributed by atoms with Gasteiger partial charge in [-0.25, -0.2) is 0 Å². The van der Waals surface area contributed by atoms with Crippen molar-refractivity contribution in [1.29, 1.82) is 0 Å². The van der Waals surface area contributed by atoms with Gasteiger partial charge < -0.3 is 14.2 Å². The van der Waals surface area contributed by atoms with Gasteiger partial charge in [0, 0.05) is 5.69 Å². The molecule has 142 valence electrons. The van der Waals surface area contributed by atoms with Crippen molar-refractivity contribution in [2.75, 3.05) is 18.4 Å². The first kappa shape index (κ1) is 18.8. The average molecular weight is 368 g/mol. The van der Waals surface area contributed by atoms with E-state index in [0.717, 1.165) is 24.2 Å². The zero-order chi connectivity index (χ0) is 19.2. The Morgan fingerprint density at radius 1 is 1.22 bits per heavy atom. The van der Waals surface area contributed by atoms with Crippen LogP contribution in [-0.4, -0.2) is 34.1 Å². The van der Waals surface area contributed by atoms with Gasteiger partial charge in [0.1, 0.15) is 0 Å². The van der Waals surface area contributed by atoms with Gasteiger partial charge >= 0.3 is 0 Å². The third kappa shape index (κ3) is 5.04. The predicted octanol–water partition coefficient (Wildman–Crippen LogP) is 3.80. The number of amides is 1. The highest BCUT2D eigenvalue weighted by atomic mass is 16.4. The number of aromatic nitrogens is 2. The van der Waals surface area contributed by atoms with Crippen molar-refractivity contribution in [3.8, 4) is 11.7 Å². The Hall–Kier alpha value is -2.93. The van der Waals surface area contributed by atoms with Gasteiger partial charge in [-0.2, -0.15) is 0 Å². The summed E-state index contributed by atoms with van der Waals surface area (Å²) in [5.74, 6) is 1.25. The Balaban J connectivity index is 1.62. The van der Waals surface area contributed by atoms with Gasteiger partial charge in [-0.1, -0.05) is 24.6 Å². The number of anilines is 1. The molecule has 2 heterocycles. The van der Waals surface area contributed by atoms with E-state index in [9.17, 15) is 4.79 Å². The number of carbonyl (C=O) groups is 1. The number of rotatable bonds is 8. The van der Waals surface area contributed by atoms with Crippen LogP contribution in [0.1, 0.15) is 30.4 Å². The quantitative estimate of drug-likeness (QED) is 0.651. The second-order valence-corrected chi connectivity index (χ2v) is 6.56. The minimum Gasteiger partial charge on any atom is -0.459 e. The highest BCUT2D eigenvalue weighted by Crippen LogP contribution is 2.19. The van der Waals surface area contributed by atoms with Crippen LogP contribution < -0.4 is 5.32 Å². The predicted molar refractivity (Wildman–Crippen MR) is 102 cm³/mol. The van der Waals surface area contributed by atoms with Gasteiger partial charge in [0.15, 0.2) is 5.76 Å².